The predicted molar refractivity (Wildman–Crippen MR) is 7.23 cm³/mol. The van der Waals surface area contributed by atoms with Crippen LogP contribution in [0.1, 0.15) is 0 Å². The average molecular weight is 594 g/mol. The van der Waals surface area contributed by atoms with Crippen molar-refractivity contribution in [2.24, 2.45) is 0 Å². The van der Waals surface area contributed by atoms with E-state index in [0.29, 0.717) is 0 Å². The molecule has 0 saturated carbocycles. The van der Waals surface area contributed by atoms with E-state index >= 15 is 0 Å². The van der Waals surface area contributed by atoms with Crippen LogP contribution >= 0.6 is 0 Å². The Labute approximate surface area is 160 Å². The summed E-state index contributed by atoms with van der Waals surface area (Å²) in [6.07, 6.45) is 0. The molecule has 0 aliphatic rings. The molecule has 0 spiro atoms. The molecule has 4 N–H and O–H groups in total. The summed E-state index contributed by atoms with van der Waals surface area (Å²) < 4.78 is 0. The van der Waals surface area contributed by atoms with Gasteiger partial charge in [0.2, 0.25) is 0 Å². The van der Waals surface area contributed by atoms with Gasteiger partial charge in [-0.15, -0.1) is 0 Å². The summed E-state index contributed by atoms with van der Waals surface area (Å²) in [7, 11) is 0. The Kier molecular flexibility index (Phi) is 235. The van der Waals surface area contributed by atoms with Crippen LogP contribution in [-0.2, 0) is 0 Å². The van der Waals surface area contributed by atoms with Gasteiger partial charge in [-0.25, -0.2) is 0 Å². The summed E-state index contributed by atoms with van der Waals surface area (Å²) in [6, 6.07) is 0. The van der Waals surface area contributed by atoms with Crippen molar-refractivity contribution in [2.45, 2.75) is 0 Å². The number of rotatable bonds is 0. The molecule has 0 heterocycles. The van der Waals surface area contributed by atoms with Crippen molar-refractivity contribution < 1.29 is 166 Å². The molecule has 0 aliphatic heterocycles. The van der Waals surface area contributed by atoms with Crippen molar-refractivity contribution in [1.82, 2.24) is 0 Å². The summed E-state index contributed by atoms with van der Waals surface area (Å²) in [6.45, 7) is 0. The molecule has 0 aromatic heterocycles. The van der Waals surface area contributed by atoms with Crippen LogP contribution in [0.2, 0.25) is 0 Å². The average Bonchev–Trinajstić information content (AvgIpc) is 0. The van der Waals surface area contributed by atoms with Crippen molar-refractivity contribution in [2.75, 3.05) is 0 Å². The number of hydrogen-bond acceptors (Lipinski definition) is 0. The van der Waals surface area contributed by atoms with Gasteiger partial charge in [0.1, 0.15) is 0 Å². The van der Waals surface area contributed by atoms with Crippen LogP contribution in [0.15, 0.2) is 0 Å². The molecule has 0 unspecified atom stereocenters. The summed E-state index contributed by atoms with van der Waals surface area (Å²) >= 11 is 0. The Bertz CT molecular complexity index is 9.51. The van der Waals surface area contributed by atoms with Crippen LogP contribution in [0, 0.1) is 155 Å². The van der Waals surface area contributed by atoms with E-state index in [9.17, 15) is 0 Å². The maximum Gasteiger partial charge on any atom is 0 e. The van der Waals surface area contributed by atoms with E-state index < -0.39 is 0 Å². The first-order valence-electron chi connectivity index (χ1n) is 0. The normalized spacial score (nSPS) is 0. The third-order valence-electron chi connectivity index (χ3n) is 0. The van der Waals surface area contributed by atoms with E-state index in [1.165, 1.54) is 0 Å². The largest absolute Gasteiger partial charge is 0.412 e. The van der Waals surface area contributed by atoms with Gasteiger partial charge in [0.15, 0.2) is 0 Å². The monoisotopic (exact) mass is 594 g/mol. The Morgan fingerprint density at radius 3 is 0.500 bits per heavy atom. The molecule has 2 nitrogen and oxygen atoms in total. The second-order valence-corrected chi connectivity index (χ2v) is 0. The van der Waals surface area contributed by atoms with Crippen LogP contribution in [0.3, 0.4) is 0 Å². The van der Waals surface area contributed by atoms with E-state index in [1.54, 1.807) is 0 Å². The van der Waals surface area contributed by atoms with Gasteiger partial charge in [0, 0.05) is 155 Å². The first kappa shape index (κ1) is 43.7. The van der Waals surface area contributed by atoms with E-state index in [2.05, 4.69) is 0 Å². The SMILES string of the molecule is O.O.[Ce].[Ce].[La].[La]. The van der Waals surface area contributed by atoms with E-state index in [-0.39, 0.29) is 166 Å². The second-order valence-electron chi connectivity index (χ2n) is 0. The zero-order valence-corrected chi connectivity index (χ0v) is 16.7. The topological polar surface area (TPSA) is 63.0 Å². The van der Waals surface area contributed by atoms with Gasteiger partial charge in [-0.2, -0.15) is 0 Å². The molecule has 0 bridgehead atoms. The number of hydrogen-bond donors (Lipinski definition) is 0. The van der Waals surface area contributed by atoms with Crippen molar-refractivity contribution in [3.05, 3.63) is 0 Å². The molecule has 6 heavy (non-hydrogen) atoms. The third-order valence-corrected chi connectivity index (χ3v) is 0. The van der Waals surface area contributed by atoms with Crippen LogP contribution in [0.5, 0.6) is 0 Å². The maximum absolute atomic E-state index is 0. The Balaban J connectivity index is 0. The van der Waals surface area contributed by atoms with Gasteiger partial charge in [0.05, 0.1) is 0 Å². The predicted octanol–water partition coefficient (Wildman–Crippen LogP) is -1.65. The molecule has 0 fully saturated rings. The van der Waals surface area contributed by atoms with Crippen LogP contribution in [0.25, 0.3) is 0 Å². The summed E-state index contributed by atoms with van der Waals surface area (Å²) in [4.78, 5) is 0. The van der Waals surface area contributed by atoms with Gasteiger partial charge < -0.3 is 11.0 Å². The smallest absolute Gasteiger partial charge is 0 e. The molecule has 2 radical (unpaired) electrons. The standard InChI is InChI=1S/2Ce.2La.2H2O/h;;;;2*1H2. The second kappa shape index (κ2) is 32.2. The molecule has 0 rings (SSSR count). The first-order valence-corrected chi connectivity index (χ1v) is 0. The van der Waals surface area contributed by atoms with E-state index in [4.69, 9.17) is 0 Å². The Morgan fingerprint density at radius 2 is 0.500 bits per heavy atom. The molecule has 0 saturated heterocycles. The molecular formula is H4Ce2La2O2. The van der Waals surface area contributed by atoms with E-state index in [0.717, 1.165) is 0 Å². The molecule has 6 heteroatoms. The van der Waals surface area contributed by atoms with Gasteiger partial charge in [-0.3, -0.25) is 0 Å². The Hall–Kier alpha value is 5.06. The van der Waals surface area contributed by atoms with Crippen molar-refractivity contribution in [1.29, 1.82) is 0 Å². The fourth-order valence-electron chi connectivity index (χ4n) is 0. The van der Waals surface area contributed by atoms with Crippen molar-refractivity contribution >= 4 is 0 Å². The third kappa shape index (κ3) is 23.0. The summed E-state index contributed by atoms with van der Waals surface area (Å²) in [5.74, 6) is 0. The zero-order valence-electron chi connectivity index (χ0n) is 3.15. The minimum Gasteiger partial charge on any atom is -0.412 e. The molecule has 0 aromatic carbocycles. The quantitative estimate of drug-likeness (QED) is 0.323. The van der Waals surface area contributed by atoms with Crippen LogP contribution < -0.4 is 0 Å². The maximum atomic E-state index is 0. The summed E-state index contributed by atoms with van der Waals surface area (Å²) in [5, 5.41) is 0. The molecule has 0 aromatic rings. The summed E-state index contributed by atoms with van der Waals surface area (Å²) in [5.41, 5.74) is 0. The van der Waals surface area contributed by atoms with Gasteiger partial charge in [0.25, 0.3) is 0 Å². The van der Waals surface area contributed by atoms with Crippen molar-refractivity contribution in [3.8, 4) is 0 Å². The van der Waals surface area contributed by atoms with E-state index in [1.807, 2.05) is 0 Å². The molecule has 0 amide bonds. The Morgan fingerprint density at radius 1 is 0.500 bits per heavy atom. The minimum atomic E-state index is 0. The van der Waals surface area contributed by atoms with Crippen molar-refractivity contribution in [3.63, 3.8) is 0 Å². The zero-order chi connectivity index (χ0) is 0. The van der Waals surface area contributed by atoms with Gasteiger partial charge >= 0.3 is 0 Å². The van der Waals surface area contributed by atoms with Gasteiger partial charge in [-0.05, 0) is 0 Å². The van der Waals surface area contributed by atoms with Crippen LogP contribution in [-0.4, -0.2) is 11.0 Å². The molecular weight excluding hydrogens is 590 g/mol. The molecule has 0 aliphatic carbocycles. The minimum absolute atomic E-state index is 0. The fourth-order valence-corrected chi connectivity index (χ4v) is 0. The molecule has 0 atom stereocenters. The molecule has 30 valence electrons. The first-order chi connectivity index (χ1) is 0. The van der Waals surface area contributed by atoms with Crippen LogP contribution in [0.4, 0.5) is 0 Å². The van der Waals surface area contributed by atoms with Gasteiger partial charge in [-0.1, -0.05) is 0 Å². The fraction of sp³-hybridized carbons (Fsp3) is 0.